The number of methoxy groups -OCH3 is 1. The average molecular weight is 633 g/mol. The first-order valence-corrected chi connectivity index (χ1v) is 15.6. The van der Waals surface area contributed by atoms with Gasteiger partial charge < -0.3 is 15.2 Å². The number of anilines is 1. The molecule has 4 N–H and O–H groups in total. The van der Waals surface area contributed by atoms with Gasteiger partial charge in [0.1, 0.15) is 26.3 Å². The molecule has 0 bridgehead atoms. The number of azo groups is 1. The molecule has 0 saturated heterocycles. The number of fused-ring (bicyclic) bond motifs is 1. The van der Waals surface area contributed by atoms with Crippen molar-refractivity contribution in [2.45, 2.75) is 30.6 Å². The van der Waals surface area contributed by atoms with E-state index in [1.807, 2.05) is 0 Å². The summed E-state index contributed by atoms with van der Waals surface area (Å²) in [6, 6.07) is 12.0. The number of carbonyl (C=O) groups is 1. The van der Waals surface area contributed by atoms with Crippen LogP contribution in [0.4, 0.5) is 11.4 Å². The van der Waals surface area contributed by atoms with Crippen molar-refractivity contribution in [1.29, 1.82) is 0 Å². The standard InChI is InChI=1S/C26H24N4O9S3/c1-13-5-10-18-23(24(13)42(36,37)38)40-26(28-18)16-6-8-17(9-7-16)29-30-22(15(3)31)25(32)27-19-11-14(2)21(41(33,34)35)12-20(19)39-4/h5-12,31H,1-4H3,(H,27,32)(H,33,34,35)(H,36,37,38)/b22-15+,30-29+. The largest absolute Gasteiger partial charge is 0.510 e. The molecule has 0 spiro atoms. The van der Waals surface area contributed by atoms with E-state index < -0.39 is 42.5 Å². The fourth-order valence-corrected chi connectivity index (χ4v) is 7.01. The Balaban J connectivity index is 1.58. The number of aliphatic hydroxyl groups is 1. The van der Waals surface area contributed by atoms with Gasteiger partial charge >= 0.3 is 0 Å². The molecule has 1 amide bonds. The van der Waals surface area contributed by atoms with Crippen molar-refractivity contribution >= 4 is 59.1 Å². The van der Waals surface area contributed by atoms with Crippen LogP contribution >= 0.6 is 11.3 Å². The summed E-state index contributed by atoms with van der Waals surface area (Å²) in [5.41, 5.74) is 1.52. The van der Waals surface area contributed by atoms with E-state index in [9.17, 15) is 35.8 Å². The Morgan fingerprint density at radius 2 is 1.64 bits per heavy atom. The Morgan fingerprint density at radius 1 is 0.976 bits per heavy atom. The second-order valence-corrected chi connectivity index (χ2v) is 12.7. The molecule has 16 heteroatoms. The first kappa shape index (κ1) is 30.7. The first-order chi connectivity index (χ1) is 19.6. The molecule has 0 radical (unpaired) electrons. The number of allylic oxidation sites excluding steroid dienone is 1. The Morgan fingerprint density at radius 3 is 2.21 bits per heavy atom. The van der Waals surface area contributed by atoms with Gasteiger partial charge in [0, 0.05) is 11.6 Å². The van der Waals surface area contributed by atoms with Gasteiger partial charge in [0.2, 0.25) is 0 Å². The van der Waals surface area contributed by atoms with Crippen LogP contribution in [0.15, 0.2) is 80.0 Å². The van der Waals surface area contributed by atoms with E-state index in [0.29, 0.717) is 32.0 Å². The molecule has 0 atom stereocenters. The Kier molecular flexibility index (Phi) is 8.47. The maximum absolute atomic E-state index is 12.9. The molecule has 13 nitrogen and oxygen atoms in total. The number of amides is 1. The minimum absolute atomic E-state index is 0.0576. The maximum atomic E-state index is 12.9. The van der Waals surface area contributed by atoms with Gasteiger partial charge in [0.05, 0.1) is 28.7 Å². The van der Waals surface area contributed by atoms with Crippen molar-refractivity contribution in [3.05, 3.63) is 71.1 Å². The topological polar surface area (TPSA) is 205 Å². The van der Waals surface area contributed by atoms with Crippen molar-refractivity contribution < 1.29 is 40.6 Å². The van der Waals surface area contributed by atoms with Gasteiger partial charge in [-0.3, -0.25) is 13.9 Å². The van der Waals surface area contributed by atoms with Crippen molar-refractivity contribution in [2.75, 3.05) is 12.4 Å². The monoisotopic (exact) mass is 632 g/mol. The number of hydrogen-bond donors (Lipinski definition) is 4. The summed E-state index contributed by atoms with van der Waals surface area (Å²) in [5, 5.41) is 20.9. The molecule has 0 unspecified atom stereocenters. The number of aryl methyl sites for hydroxylation is 2. The highest BCUT2D eigenvalue weighted by Gasteiger charge is 2.22. The molecule has 220 valence electrons. The number of ether oxygens (including phenoxy) is 1. The number of carbonyl (C=O) groups excluding carboxylic acids is 1. The highest BCUT2D eigenvalue weighted by Crippen LogP contribution is 2.36. The summed E-state index contributed by atoms with van der Waals surface area (Å²) in [5.74, 6) is -1.37. The van der Waals surface area contributed by atoms with Gasteiger partial charge in [0.25, 0.3) is 26.1 Å². The van der Waals surface area contributed by atoms with E-state index in [-0.39, 0.29) is 21.9 Å². The molecule has 0 aliphatic carbocycles. The summed E-state index contributed by atoms with van der Waals surface area (Å²) in [7, 11) is -7.74. The summed E-state index contributed by atoms with van der Waals surface area (Å²) in [4.78, 5) is 16.8. The number of nitrogens with one attached hydrogen (secondary N) is 1. The molecule has 0 aliphatic heterocycles. The Hall–Kier alpha value is -4.22. The van der Waals surface area contributed by atoms with E-state index in [4.69, 9.17) is 4.74 Å². The lowest BCUT2D eigenvalue weighted by Crippen LogP contribution is -2.16. The van der Waals surface area contributed by atoms with Gasteiger partial charge in [-0.2, -0.15) is 21.9 Å². The van der Waals surface area contributed by atoms with Gasteiger partial charge in [-0.15, -0.1) is 16.5 Å². The molecule has 4 aromatic rings. The molecular formula is C26H24N4O9S3. The molecule has 1 aromatic heterocycles. The molecule has 42 heavy (non-hydrogen) atoms. The first-order valence-electron chi connectivity index (χ1n) is 11.9. The number of hydrogen-bond acceptors (Lipinski definition) is 11. The number of aromatic nitrogens is 1. The zero-order chi connectivity index (χ0) is 31.0. The van der Waals surface area contributed by atoms with Crippen LogP contribution in [0.3, 0.4) is 0 Å². The molecule has 1 heterocycles. The third-order valence-electron chi connectivity index (χ3n) is 5.93. The summed E-state index contributed by atoms with van der Waals surface area (Å²) < 4.78 is 71.5. The van der Waals surface area contributed by atoms with Crippen LogP contribution < -0.4 is 10.1 Å². The van der Waals surface area contributed by atoms with E-state index in [1.54, 1.807) is 43.3 Å². The minimum Gasteiger partial charge on any atom is -0.510 e. The Bertz CT molecular complexity index is 1990. The number of aliphatic hydroxyl groups excluding tert-OH is 1. The summed E-state index contributed by atoms with van der Waals surface area (Å²) in [6.45, 7) is 4.23. The van der Waals surface area contributed by atoms with Crippen LogP contribution in [0, 0.1) is 13.8 Å². The number of thiazole rings is 1. The fourth-order valence-electron chi connectivity index (χ4n) is 3.97. The van der Waals surface area contributed by atoms with Crippen LogP contribution in [-0.4, -0.2) is 49.0 Å². The second-order valence-electron chi connectivity index (χ2n) is 8.98. The van der Waals surface area contributed by atoms with E-state index in [2.05, 4.69) is 20.5 Å². The van der Waals surface area contributed by atoms with Gasteiger partial charge in [0.15, 0.2) is 5.70 Å². The predicted molar refractivity (Wildman–Crippen MR) is 156 cm³/mol. The highest BCUT2D eigenvalue weighted by atomic mass is 32.2. The predicted octanol–water partition coefficient (Wildman–Crippen LogP) is 5.59. The molecule has 3 aromatic carbocycles. The lowest BCUT2D eigenvalue weighted by atomic mass is 10.2. The van der Waals surface area contributed by atoms with Crippen molar-refractivity contribution in [3.8, 4) is 16.3 Å². The second kappa shape index (κ2) is 11.6. The van der Waals surface area contributed by atoms with Gasteiger partial charge in [-0.1, -0.05) is 6.07 Å². The summed E-state index contributed by atoms with van der Waals surface area (Å²) >= 11 is 1.10. The van der Waals surface area contributed by atoms with Crippen LogP contribution in [0.5, 0.6) is 5.75 Å². The summed E-state index contributed by atoms with van der Waals surface area (Å²) in [6.07, 6.45) is 0. The highest BCUT2D eigenvalue weighted by molar-refractivity contribution is 7.86. The lowest BCUT2D eigenvalue weighted by molar-refractivity contribution is -0.113. The average Bonchev–Trinajstić information content (AvgIpc) is 3.31. The van der Waals surface area contributed by atoms with E-state index in [0.717, 1.165) is 17.4 Å². The van der Waals surface area contributed by atoms with Crippen LogP contribution in [-0.2, 0) is 25.0 Å². The third-order valence-corrected chi connectivity index (χ3v) is 9.23. The van der Waals surface area contributed by atoms with Crippen molar-refractivity contribution in [1.82, 2.24) is 4.98 Å². The van der Waals surface area contributed by atoms with Crippen molar-refractivity contribution in [3.63, 3.8) is 0 Å². The minimum atomic E-state index is -4.53. The smallest absolute Gasteiger partial charge is 0.296 e. The van der Waals surface area contributed by atoms with Crippen LogP contribution in [0.25, 0.3) is 20.8 Å². The van der Waals surface area contributed by atoms with Crippen LogP contribution in [0.1, 0.15) is 18.1 Å². The zero-order valence-electron chi connectivity index (χ0n) is 22.5. The number of benzene rings is 3. The number of rotatable bonds is 8. The van der Waals surface area contributed by atoms with Crippen LogP contribution in [0.2, 0.25) is 0 Å². The molecule has 0 saturated carbocycles. The molecule has 0 aliphatic rings. The van der Waals surface area contributed by atoms with Gasteiger partial charge in [-0.05, 0) is 68.3 Å². The fraction of sp³-hybridized carbons (Fsp3) is 0.154. The molecular weight excluding hydrogens is 609 g/mol. The third kappa shape index (κ3) is 6.47. The molecule has 4 rings (SSSR count). The normalized spacial score (nSPS) is 12.9. The maximum Gasteiger partial charge on any atom is 0.296 e. The zero-order valence-corrected chi connectivity index (χ0v) is 24.9. The van der Waals surface area contributed by atoms with Gasteiger partial charge in [-0.25, -0.2) is 4.98 Å². The number of nitrogens with zero attached hydrogens (tertiary/aromatic N) is 3. The van der Waals surface area contributed by atoms with E-state index >= 15 is 0 Å². The Labute approximate surface area is 244 Å². The lowest BCUT2D eigenvalue weighted by Gasteiger charge is -2.13. The van der Waals surface area contributed by atoms with Crippen molar-refractivity contribution in [2.24, 2.45) is 10.2 Å². The van der Waals surface area contributed by atoms with E-state index in [1.165, 1.54) is 27.0 Å². The SMILES string of the molecule is COc1cc(S(=O)(=O)O)c(C)cc1NC(=O)C(/N=N/c1ccc(-c2nc3ccc(C)c(S(=O)(=O)O)c3s2)cc1)=C(/C)O. The molecule has 0 fully saturated rings. The quantitative estimate of drug-likeness (QED) is 0.0819.